The molecule has 6 rings (SSSR count). The zero-order valence-corrected chi connectivity index (χ0v) is 24.1. The molecular formula is C31H44N2O8. The summed E-state index contributed by atoms with van der Waals surface area (Å²) < 4.78 is 17.3. The number of aliphatic hydroxyl groups is 4. The van der Waals surface area contributed by atoms with E-state index in [1.165, 1.54) is 0 Å². The maximum atomic E-state index is 12.5. The Kier molecular flexibility index (Phi) is 7.40. The average molecular weight is 573 g/mol. The van der Waals surface area contributed by atoms with Gasteiger partial charge in [0.2, 0.25) is 0 Å². The second kappa shape index (κ2) is 10.4. The van der Waals surface area contributed by atoms with E-state index in [-0.39, 0.29) is 42.8 Å². The van der Waals surface area contributed by atoms with Gasteiger partial charge in [-0.25, -0.2) is 4.79 Å². The predicted molar refractivity (Wildman–Crippen MR) is 146 cm³/mol. The third-order valence-electron chi connectivity index (χ3n) is 12.1. The van der Waals surface area contributed by atoms with E-state index in [1.54, 1.807) is 13.0 Å². The van der Waals surface area contributed by atoms with Crippen LogP contribution in [0.15, 0.2) is 16.6 Å². The van der Waals surface area contributed by atoms with Gasteiger partial charge in [-0.05, 0) is 81.6 Å². The maximum Gasteiger partial charge on any atom is 0.331 e. The molecule has 0 aromatic rings. The Bertz CT molecular complexity index is 1140. The maximum absolute atomic E-state index is 12.5. The Labute approximate surface area is 241 Å². The van der Waals surface area contributed by atoms with Crippen LogP contribution in [-0.4, -0.2) is 87.7 Å². The van der Waals surface area contributed by atoms with Crippen LogP contribution in [0.2, 0.25) is 0 Å². The summed E-state index contributed by atoms with van der Waals surface area (Å²) in [4.78, 5) is 16.4. The number of hydrogen-bond donors (Lipinski definition) is 4. The van der Waals surface area contributed by atoms with Crippen molar-refractivity contribution in [3.8, 4) is 6.07 Å². The number of cyclic esters (lactones) is 1. The second-order valence-electron chi connectivity index (χ2n) is 13.8. The standard InChI is InChI=1S/C31H44N2O8/c1-18-27(36)24(34)14-26(40-18)41-20-3-8-29(17-33-12-11-32)22-4-7-28(2)21(19-13-25(35)39-16-19)6-10-31(28,38)23(22)5-9-30(29,37)15-20/h13,17-18,20-24,26-27,34,36-38H,3-10,12,14-16H2,1-2H3. The van der Waals surface area contributed by atoms with Crippen LogP contribution in [0.25, 0.3) is 0 Å². The molecule has 5 fully saturated rings. The highest BCUT2D eigenvalue weighted by molar-refractivity contribution is 5.85. The lowest BCUT2D eigenvalue weighted by molar-refractivity contribution is -0.282. The number of nitriles is 1. The van der Waals surface area contributed by atoms with E-state index >= 15 is 0 Å². The molecule has 4 saturated carbocycles. The lowest BCUT2D eigenvalue weighted by Crippen LogP contribution is -2.69. The molecule has 12 atom stereocenters. The number of esters is 1. The van der Waals surface area contributed by atoms with Gasteiger partial charge in [0.1, 0.15) is 19.3 Å². The fraction of sp³-hybridized carbons (Fsp3) is 0.839. The van der Waals surface area contributed by atoms with E-state index in [1.807, 2.05) is 6.21 Å². The zero-order chi connectivity index (χ0) is 29.2. The first-order chi connectivity index (χ1) is 19.5. The molecule has 2 aliphatic heterocycles. The number of fused-ring (bicyclic) bond motifs is 5. The number of aliphatic imine (C=N–C) groups is 1. The zero-order valence-electron chi connectivity index (χ0n) is 24.1. The smallest absolute Gasteiger partial charge is 0.331 e. The summed E-state index contributed by atoms with van der Waals surface area (Å²) in [6.45, 7) is 4.19. The number of ether oxygens (including phenoxy) is 3. The fourth-order valence-corrected chi connectivity index (χ4v) is 10.0. The van der Waals surface area contributed by atoms with Gasteiger partial charge in [0.25, 0.3) is 0 Å². The Morgan fingerprint density at radius 3 is 2.63 bits per heavy atom. The molecule has 10 nitrogen and oxygen atoms in total. The Morgan fingerprint density at radius 1 is 1.15 bits per heavy atom. The van der Waals surface area contributed by atoms with Crippen molar-refractivity contribution in [3.63, 3.8) is 0 Å². The Hall–Kier alpha value is -1.87. The minimum atomic E-state index is -1.13. The molecule has 0 aromatic heterocycles. The van der Waals surface area contributed by atoms with Crippen molar-refractivity contribution in [2.45, 2.75) is 120 Å². The van der Waals surface area contributed by atoms with Gasteiger partial charge in [0, 0.05) is 36.0 Å². The number of nitrogens with zero attached hydrogens (tertiary/aromatic N) is 2. The summed E-state index contributed by atoms with van der Waals surface area (Å²) in [5, 5.41) is 54.5. The van der Waals surface area contributed by atoms with Crippen LogP contribution in [0.4, 0.5) is 0 Å². The van der Waals surface area contributed by atoms with Crippen LogP contribution >= 0.6 is 0 Å². The highest BCUT2D eigenvalue weighted by atomic mass is 16.7. The molecule has 0 aromatic carbocycles. The number of carbonyl (C=O) groups excluding carboxylic acids is 1. The van der Waals surface area contributed by atoms with E-state index in [0.29, 0.717) is 45.1 Å². The Morgan fingerprint density at radius 2 is 1.93 bits per heavy atom. The number of aliphatic hydroxyl groups excluding tert-OH is 2. The average Bonchev–Trinajstić information content (AvgIpc) is 3.47. The second-order valence-corrected chi connectivity index (χ2v) is 13.8. The number of carbonyl (C=O) groups is 1. The molecule has 4 aliphatic carbocycles. The molecule has 12 unspecified atom stereocenters. The molecule has 226 valence electrons. The summed E-state index contributed by atoms with van der Waals surface area (Å²) in [7, 11) is 0. The first-order valence-corrected chi connectivity index (χ1v) is 15.3. The van der Waals surface area contributed by atoms with Gasteiger partial charge in [-0.15, -0.1) is 0 Å². The van der Waals surface area contributed by atoms with E-state index in [4.69, 9.17) is 14.2 Å². The van der Waals surface area contributed by atoms with E-state index < -0.39 is 46.6 Å². The lowest BCUT2D eigenvalue weighted by Gasteiger charge is -2.66. The molecule has 10 heteroatoms. The molecule has 6 aliphatic rings. The van der Waals surface area contributed by atoms with Gasteiger partial charge in [-0.1, -0.05) is 6.92 Å². The summed E-state index contributed by atoms with van der Waals surface area (Å²) in [5.74, 6) is -0.282. The summed E-state index contributed by atoms with van der Waals surface area (Å²) in [6, 6.07) is 2.09. The third-order valence-corrected chi connectivity index (χ3v) is 12.1. The third kappa shape index (κ3) is 4.42. The Balaban J connectivity index is 1.26. The minimum absolute atomic E-state index is 0.00933. The van der Waals surface area contributed by atoms with Crippen molar-refractivity contribution in [3.05, 3.63) is 11.6 Å². The van der Waals surface area contributed by atoms with Gasteiger partial charge in [-0.2, -0.15) is 5.26 Å². The topological polar surface area (TPSA) is 162 Å². The quantitative estimate of drug-likeness (QED) is 0.167. The number of rotatable bonds is 5. The minimum Gasteiger partial charge on any atom is -0.458 e. The summed E-state index contributed by atoms with van der Waals surface area (Å²) in [5.41, 5.74) is -2.19. The van der Waals surface area contributed by atoms with Crippen molar-refractivity contribution in [1.82, 2.24) is 0 Å². The predicted octanol–water partition coefficient (Wildman–Crippen LogP) is 2.17. The van der Waals surface area contributed by atoms with Crippen LogP contribution in [0.3, 0.4) is 0 Å². The molecule has 0 amide bonds. The molecule has 2 heterocycles. The SMILES string of the molecule is CC1OC(OC2CCC3(C=NCC#N)C4CCC5(C)C(C6=CC(=O)OC6)CCC5(O)C4CCC3(O)C2)CC(O)C1O. The first-order valence-electron chi connectivity index (χ1n) is 15.3. The molecule has 0 radical (unpaired) electrons. The van der Waals surface area contributed by atoms with Crippen LogP contribution in [0.1, 0.15) is 78.1 Å². The summed E-state index contributed by atoms with van der Waals surface area (Å²) >= 11 is 0. The van der Waals surface area contributed by atoms with E-state index in [0.717, 1.165) is 24.8 Å². The monoisotopic (exact) mass is 572 g/mol. The van der Waals surface area contributed by atoms with Gasteiger partial charge < -0.3 is 34.6 Å². The summed E-state index contributed by atoms with van der Waals surface area (Å²) in [6.07, 6.45) is 5.97. The van der Waals surface area contributed by atoms with Crippen molar-refractivity contribution in [1.29, 1.82) is 5.26 Å². The van der Waals surface area contributed by atoms with Gasteiger partial charge in [0.15, 0.2) is 6.29 Å². The van der Waals surface area contributed by atoms with Crippen molar-refractivity contribution >= 4 is 12.2 Å². The molecular weight excluding hydrogens is 528 g/mol. The van der Waals surface area contributed by atoms with Gasteiger partial charge in [0.05, 0.1) is 35.6 Å². The highest BCUT2D eigenvalue weighted by Gasteiger charge is 2.71. The molecule has 1 saturated heterocycles. The molecule has 0 spiro atoms. The molecule has 0 bridgehead atoms. The highest BCUT2D eigenvalue weighted by Crippen LogP contribution is 2.70. The van der Waals surface area contributed by atoms with Crippen molar-refractivity contribution in [2.75, 3.05) is 13.2 Å². The van der Waals surface area contributed by atoms with Crippen molar-refractivity contribution in [2.24, 2.45) is 33.6 Å². The molecule has 41 heavy (non-hydrogen) atoms. The van der Waals surface area contributed by atoms with Gasteiger partial charge in [-0.3, -0.25) is 4.99 Å². The van der Waals surface area contributed by atoms with Gasteiger partial charge >= 0.3 is 5.97 Å². The fourth-order valence-electron chi connectivity index (χ4n) is 10.0. The van der Waals surface area contributed by atoms with E-state index in [2.05, 4.69) is 18.0 Å². The molecule has 4 N–H and O–H groups in total. The van der Waals surface area contributed by atoms with Crippen LogP contribution in [0, 0.1) is 39.9 Å². The largest absolute Gasteiger partial charge is 0.458 e. The normalized spacial score (nSPS) is 51.3. The number of hydrogen-bond acceptors (Lipinski definition) is 10. The van der Waals surface area contributed by atoms with E-state index in [9.17, 15) is 30.5 Å². The van der Waals surface area contributed by atoms with Crippen LogP contribution in [0.5, 0.6) is 0 Å². The lowest BCUT2D eigenvalue weighted by atomic mass is 9.41. The van der Waals surface area contributed by atoms with Crippen LogP contribution < -0.4 is 0 Å². The first kappa shape index (κ1) is 29.2. The van der Waals surface area contributed by atoms with Crippen molar-refractivity contribution < 1.29 is 39.4 Å². The van der Waals surface area contributed by atoms with Crippen LogP contribution in [-0.2, 0) is 19.0 Å².